The van der Waals surface area contributed by atoms with Crippen LogP contribution < -0.4 is 10.6 Å². The predicted octanol–water partition coefficient (Wildman–Crippen LogP) is 1.75. The first-order chi connectivity index (χ1) is 7.91. The summed E-state index contributed by atoms with van der Waals surface area (Å²) in [5.74, 6) is -0.475. The summed E-state index contributed by atoms with van der Waals surface area (Å²) >= 11 is 0. The van der Waals surface area contributed by atoms with Gasteiger partial charge in [0.15, 0.2) is 0 Å². The lowest BCUT2D eigenvalue weighted by atomic mass is 10.0. The van der Waals surface area contributed by atoms with Crippen molar-refractivity contribution < 1.29 is 14.7 Å². The topological polar surface area (TPSA) is 78.4 Å². The van der Waals surface area contributed by atoms with E-state index >= 15 is 0 Å². The Morgan fingerprint density at radius 2 is 1.94 bits per heavy atom. The molecule has 5 nitrogen and oxygen atoms in total. The van der Waals surface area contributed by atoms with Crippen molar-refractivity contribution in [2.45, 2.75) is 33.1 Å². The van der Waals surface area contributed by atoms with Crippen LogP contribution in [0.1, 0.15) is 33.1 Å². The number of carboxylic acid groups (broad SMARTS) is 1. The minimum Gasteiger partial charge on any atom is -0.481 e. The van der Waals surface area contributed by atoms with Crippen LogP contribution in [0.3, 0.4) is 0 Å². The monoisotopic (exact) mass is 242 g/mol. The number of hydrogen-bond donors (Lipinski definition) is 3. The van der Waals surface area contributed by atoms with Gasteiger partial charge in [-0.15, -0.1) is 0 Å². The number of carbonyl (C=O) groups excluding carboxylic acids is 1. The van der Waals surface area contributed by atoms with E-state index in [1.165, 1.54) is 0 Å². The van der Waals surface area contributed by atoms with Crippen molar-refractivity contribution in [1.29, 1.82) is 0 Å². The van der Waals surface area contributed by atoms with Crippen LogP contribution in [0.25, 0.3) is 0 Å². The standard InChI is InChI=1S/C12H22N2O3/c1-9(2)8-14-12(17)13-7-6-10(3)4-5-11(15)16/h10H,1,4-8H2,2-3H3,(H,15,16)(H2,13,14,17). The molecule has 2 amide bonds. The van der Waals surface area contributed by atoms with Crippen LogP contribution >= 0.6 is 0 Å². The Balaban J connectivity index is 3.51. The van der Waals surface area contributed by atoms with Gasteiger partial charge in [0.1, 0.15) is 0 Å². The first kappa shape index (κ1) is 15.5. The SMILES string of the molecule is C=C(C)CNC(=O)NCCC(C)CCC(=O)O. The maximum absolute atomic E-state index is 11.2. The fourth-order valence-electron chi connectivity index (χ4n) is 1.24. The van der Waals surface area contributed by atoms with Gasteiger partial charge < -0.3 is 15.7 Å². The minimum absolute atomic E-state index is 0.184. The highest BCUT2D eigenvalue weighted by Crippen LogP contribution is 2.08. The highest BCUT2D eigenvalue weighted by atomic mass is 16.4. The van der Waals surface area contributed by atoms with Gasteiger partial charge in [0.25, 0.3) is 0 Å². The Bertz CT molecular complexity index is 277. The summed E-state index contributed by atoms with van der Waals surface area (Å²) in [4.78, 5) is 21.6. The van der Waals surface area contributed by atoms with E-state index in [1.807, 2.05) is 13.8 Å². The van der Waals surface area contributed by atoms with Gasteiger partial charge in [0, 0.05) is 19.5 Å². The fraction of sp³-hybridized carbons (Fsp3) is 0.667. The molecule has 0 spiro atoms. The first-order valence-electron chi connectivity index (χ1n) is 5.79. The van der Waals surface area contributed by atoms with Gasteiger partial charge in [-0.3, -0.25) is 4.79 Å². The van der Waals surface area contributed by atoms with Gasteiger partial charge in [0.2, 0.25) is 0 Å². The fourth-order valence-corrected chi connectivity index (χ4v) is 1.24. The van der Waals surface area contributed by atoms with Crippen LogP contribution in [0.15, 0.2) is 12.2 Å². The Labute approximate surface area is 102 Å². The second-order valence-electron chi connectivity index (χ2n) is 4.39. The second kappa shape index (κ2) is 8.61. The van der Waals surface area contributed by atoms with E-state index in [9.17, 15) is 9.59 Å². The largest absolute Gasteiger partial charge is 0.481 e. The maximum atomic E-state index is 11.2. The average Bonchev–Trinajstić information content (AvgIpc) is 2.23. The van der Waals surface area contributed by atoms with Crippen molar-refractivity contribution >= 4 is 12.0 Å². The first-order valence-corrected chi connectivity index (χ1v) is 5.79. The number of rotatable bonds is 8. The Hall–Kier alpha value is -1.52. The molecule has 0 aromatic carbocycles. The van der Waals surface area contributed by atoms with Crippen LogP contribution in [-0.4, -0.2) is 30.2 Å². The van der Waals surface area contributed by atoms with Gasteiger partial charge in [-0.2, -0.15) is 0 Å². The van der Waals surface area contributed by atoms with Crippen LogP contribution in [0.5, 0.6) is 0 Å². The van der Waals surface area contributed by atoms with Crippen molar-refractivity contribution in [2.24, 2.45) is 5.92 Å². The predicted molar refractivity (Wildman–Crippen MR) is 66.9 cm³/mol. The van der Waals surface area contributed by atoms with Crippen LogP contribution in [0, 0.1) is 5.92 Å². The Morgan fingerprint density at radius 3 is 2.47 bits per heavy atom. The average molecular weight is 242 g/mol. The van der Waals surface area contributed by atoms with Crippen molar-refractivity contribution in [3.8, 4) is 0 Å². The lowest BCUT2D eigenvalue weighted by Gasteiger charge is -2.11. The zero-order valence-electron chi connectivity index (χ0n) is 10.6. The van der Waals surface area contributed by atoms with Crippen molar-refractivity contribution in [3.63, 3.8) is 0 Å². The molecular formula is C12H22N2O3. The maximum Gasteiger partial charge on any atom is 0.315 e. The molecular weight excluding hydrogens is 220 g/mol. The van der Waals surface area contributed by atoms with Gasteiger partial charge in [-0.05, 0) is 25.7 Å². The van der Waals surface area contributed by atoms with E-state index in [0.29, 0.717) is 25.4 Å². The summed E-state index contributed by atoms with van der Waals surface area (Å²) in [5, 5.41) is 13.9. The van der Waals surface area contributed by atoms with E-state index in [0.717, 1.165) is 12.0 Å². The smallest absolute Gasteiger partial charge is 0.315 e. The molecule has 17 heavy (non-hydrogen) atoms. The number of hydrogen-bond acceptors (Lipinski definition) is 2. The van der Waals surface area contributed by atoms with Crippen LogP contribution in [-0.2, 0) is 4.79 Å². The van der Waals surface area contributed by atoms with Crippen LogP contribution in [0.2, 0.25) is 0 Å². The van der Waals surface area contributed by atoms with E-state index < -0.39 is 5.97 Å². The van der Waals surface area contributed by atoms with E-state index in [2.05, 4.69) is 17.2 Å². The molecule has 0 aliphatic carbocycles. The zero-order valence-corrected chi connectivity index (χ0v) is 10.6. The summed E-state index contributed by atoms with van der Waals surface area (Å²) < 4.78 is 0. The van der Waals surface area contributed by atoms with Gasteiger partial charge in [0.05, 0.1) is 0 Å². The van der Waals surface area contributed by atoms with Crippen LogP contribution in [0.4, 0.5) is 4.79 Å². The molecule has 0 saturated carbocycles. The third kappa shape index (κ3) is 10.8. The second-order valence-corrected chi connectivity index (χ2v) is 4.39. The van der Waals surface area contributed by atoms with Crippen molar-refractivity contribution in [1.82, 2.24) is 10.6 Å². The molecule has 0 radical (unpaired) electrons. The summed E-state index contributed by atoms with van der Waals surface area (Å²) in [6, 6.07) is -0.210. The quantitative estimate of drug-likeness (QED) is 0.567. The molecule has 0 aliphatic heterocycles. The van der Waals surface area contributed by atoms with Crippen molar-refractivity contribution in [3.05, 3.63) is 12.2 Å². The van der Waals surface area contributed by atoms with E-state index in [1.54, 1.807) is 0 Å². The molecule has 1 atom stereocenters. The normalized spacial score (nSPS) is 11.6. The molecule has 0 heterocycles. The number of carbonyl (C=O) groups is 2. The number of urea groups is 1. The summed E-state index contributed by atoms with van der Waals surface area (Å²) in [6.07, 6.45) is 1.61. The molecule has 98 valence electrons. The molecule has 0 bridgehead atoms. The summed E-state index contributed by atoms with van der Waals surface area (Å²) in [7, 11) is 0. The highest BCUT2D eigenvalue weighted by Gasteiger charge is 2.06. The third-order valence-electron chi connectivity index (χ3n) is 2.32. The molecule has 0 rings (SSSR count). The highest BCUT2D eigenvalue weighted by molar-refractivity contribution is 5.74. The lowest BCUT2D eigenvalue weighted by Crippen LogP contribution is -2.37. The molecule has 0 aromatic rings. The third-order valence-corrected chi connectivity index (χ3v) is 2.32. The van der Waals surface area contributed by atoms with E-state index in [-0.39, 0.29) is 12.5 Å². The van der Waals surface area contributed by atoms with Crippen molar-refractivity contribution in [2.75, 3.05) is 13.1 Å². The number of nitrogens with one attached hydrogen (secondary N) is 2. The Kier molecular flexibility index (Phi) is 7.84. The number of carboxylic acids is 1. The number of amides is 2. The van der Waals surface area contributed by atoms with Gasteiger partial charge in [-0.1, -0.05) is 19.1 Å². The molecule has 0 fully saturated rings. The molecule has 0 saturated heterocycles. The molecule has 0 aliphatic rings. The molecule has 0 aromatic heterocycles. The summed E-state index contributed by atoms with van der Waals surface area (Å²) in [6.45, 7) is 8.53. The minimum atomic E-state index is -0.774. The zero-order chi connectivity index (χ0) is 13.3. The summed E-state index contributed by atoms with van der Waals surface area (Å²) in [5.41, 5.74) is 0.898. The van der Waals surface area contributed by atoms with Gasteiger partial charge >= 0.3 is 12.0 Å². The number of aliphatic carboxylic acids is 1. The molecule has 3 N–H and O–H groups in total. The molecule has 5 heteroatoms. The Morgan fingerprint density at radius 1 is 1.29 bits per heavy atom. The van der Waals surface area contributed by atoms with Gasteiger partial charge in [-0.25, -0.2) is 4.79 Å². The lowest BCUT2D eigenvalue weighted by molar-refractivity contribution is -0.137. The van der Waals surface area contributed by atoms with E-state index in [4.69, 9.17) is 5.11 Å². The molecule has 1 unspecified atom stereocenters.